The maximum atomic E-state index is 12.1. The molecule has 0 aliphatic heterocycles. The van der Waals surface area contributed by atoms with E-state index in [2.05, 4.69) is 4.98 Å². The molecule has 0 bridgehead atoms. The molecule has 2 rings (SSSR count). The number of carboxylic acids is 1. The predicted octanol–water partition coefficient (Wildman–Crippen LogP) is 1.96. The molecule has 19 heavy (non-hydrogen) atoms. The van der Waals surface area contributed by atoms with Gasteiger partial charge in [-0.3, -0.25) is 4.79 Å². The van der Waals surface area contributed by atoms with Gasteiger partial charge in [-0.2, -0.15) is 0 Å². The van der Waals surface area contributed by atoms with Crippen molar-refractivity contribution in [3.63, 3.8) is 0 Å². The Labute approximate surface area is 109 Å². The van der Waals surface area contributed by atoms with Crippen molar-refractivity contribution in [2.75, 3.05) is 11.9 Å². The van der Waals surface area contributed by atoms with Crippen LogP contribution in [0.4, 0.5) is 5.69 Å². The molecular formula is C13H12N2O4. The third kappa shape index (κ3) is 2.47. The summed E-state index contributed by atoms with van der Waals surface area (Å²) in [5.74, 6) is -1.17. The number of aromatic nitrogens is 1. The first-order valence-electron chi connectivity index (χ1n) is 5.52. The van der Waals surface area contributed by atoms with Gasteiger partial charge in [-0.15, -0.1) is 0 Å². The molecular weight excluding hydrogens is 248 g/mol. The molecule has 0 saturated carbocycles. The number of benzene rings is 1. The normalized spacial score (nSPS) is 10.2. The van der Waals surface area contributed by atoms with E-state index in [4.69, 9.17) is 9.52 Å². The highest BCUT2D eigenvalue weighted by atomic mass is 16.4. The minimum Gasteiger partial charge on any atom is -0.478 e. The van der Waals surface area contributed by atoms with Gasteiger partial charge in [0.1, 0.15) is 0 Å². The van der Waals surface area contributed by atoms with Gasteiger partial charge in [-0.1, -0.05) is 0 Å². The van der Waals surface area contributed by atoms with Crippen LogP contribution in [-0.4, -0.2) is 29.0 Å². The molecule has 1 N–H and O–H groups in total. The maximum absolute atomic E-state index is 12.1. The summed E-state index contributed by atoms with van der Waals surface area (Å²) in [6, 6.07) is 6.00. The number of amides is 1. The van der Waals surface area contributed by atoms with Crippen LogP contribution >= 0.6 is 0 Å². The minimum atomic E-state index is -1.01. The van der Waals surface area contributed by atoms with Gasteiger partial charge in [0.15, 0.2) is 6.39 Å². The zero-order valence-corrected chi connectivity index (χ0v) is 10.5. The van der Waals surface area contributed by atoms with Crippen molar-refractivity contribution >= 4 is 17.6 Å². The molecule has 1 aromatic carbocycles. The fraction of sp³-hybridized carbons (Fsp3) is 0.154. The molecule has 98 valence electrons. The zero-order chi connectivity index (χ0) is 14.0. The Kier molecular flexibility index (Phi) is 3.33. The van der Waals surface area contributed by atoms with E-state index in [1.807, 2.05) is 0 Å². The highest BCUT2D eigenvalue weighted by Gasteiger charge is 2.19. The molecule has 1 heterocycles. The van der Waals surface area contributed by atoms with E-state index in [9.17, 15) is 9.59 Å². The van der Waals surface area contributed by atoms with Crippen LogP contribution in [0.25, 0.3) is 0 Å². The monoisotopic (exact) mass is 260 g/mol. The van der Waals surface area contributed by atoms with E-state index >= 15 is 0 Å². The molecule has 0 aliphatic rings. The first kappa shape index (κ1) is 12.8. The Hall–Kier alpha value is -2.63. The summed E-state index contributed by atoms with van der Waals surface area (Å²) >= 11 is 0. The number of nitrogens with zero attached hydrogens (tertiary/aromatic N) is 2. The third-order valence-electron chi connectivity index (χ3n) is 2.75. The number of rotatable bonds is 3. The second-order valence-electron chi connectivity index (χ2n) is 3.98. The van der Waals surface area contributed by atoms with Crippen LogP contribution in [-0.2, 0) is 0 Å². The number of aromatic carboxylic acids is 1. The lowest BCUT2D eigenvalue weighted by molar-refractivity contribution is 0.0696. The Morgan fingerprint density at radius 1 is 1.26 bits per heavy atom. The van der Waals surface area contributed by atoms with Crippen LogP contribution in [0, 0.1) is 6.92 Å². The fourth-order valence-electron chi connectivity index (χ4n) is 1.60. The highest BCUT2D eigenvalue weighted by Crippen LogP contribution is 2.17. The van der Waals surface area contributed by atoms with E-state index in [0.29, 0.717) is 11.4 Å². The number of carbonyl (C=O) groups excluding carboxylic acids is 1. The van der Waals surface area contributed by atoms with Crippen molar-refractivity contribution in [1.82, 2.24) is 4.98 Å². The average molecular weight is 260 g/mol. The highest BCUT2D eigenvalue weighted by molar-refractivity contribution is 6.04. The van der Waals surface area contributed by atoms with Crippen molar-refractivity contribution in [2.45, 2.75) is 6.92 Å². The summed E-state index contributed by atoms with van der Waals surface area (Å²) in [7, 11) is 1.58. The van der Waals surface area contributed by atoms with Crippen LogP contribution < -0.4 is 4.90 Å². The van der Waals surface area contributed by atoms with Gasteiger partial charge in [0.2, 0.25) is 5.76 Å². The second-order valence-corrected chi connectivity index (χ2v) is 3.98. The van der Waals surface area contributed by atoms with E-state index in [-0.39, 0.29) is 17.2 Å². The van der Waals surface area contributed by atoms with Gasteiger partial charge in [0.25, 0.3) is 5.91 Å². The van der Waals surface area contributed by atoms with Gasteiger partial charge < -0.3 is 14.4 Å². The molecule has 0 saturated heterocycles. The van der Waals surface area contributed by atoms with Crippen LogP contribution in [0.1, 0.15) is 26.6 Å². The molecule has 0 spiro atoms. The van der Waals surface area contributed by atoms with Gasteiger partial charge in [0, 0.05) is 12.7 Å². The number of oxazole rings is 1. The van der Waals surface area contributed by atoms with E-state index < -0.39 is 5.97 Å². The molecule has 0 aliphatic carbocycles. The first-order chi connectivity index (χ1) is 9.00. The summed E-state index contributed by atoms with van der Waals surface area (Å²) in [6.07, 6.45) is 1.21. The van der Waals surface area contributed by atoms with E-state index in [1.165, 1.54) is 23.4 Å². The summed E-state index contributed by atoms with van der Waals surface area (Å²) in [5.41, 5.74) is 1.25. The Morgan fingerprint density at radius 2 is 1.89 bits per heavy atom. The SMILES string of the molecule is Cc1ncoc1C(=O)N(C)c1ccc(C(=O)O)cc1. The van der Waals surface area contributed by atoms with Crippen molar-refractivity contribution in [2.24, 2.45) is 0 Å². The standard InChI is InChI=1S/C13H12N2O4/c1-8-11(19-7-14-8)12(16)15(2)10-5-3-9(4-6-10)13(17)18/h3-7H,1-2H3,(H,17,18). The van der Waals surface area contributed by atoms with Gasteiger partial charge in [0.05, 0.1) is 11.3 Å². The quantitative estimate of drug-likeness (QED) is 0.911. The summed E-state index contributed by atoms with van der Waals surface area (Å²) < 4.78 is 5.03. The van der Waals surface area contributed by atoms with Gasteiger partial charge in [-0.25, -0.2) is 9.78 Å². The van der Waals surface area contributed by atoms with Crippen LogP contribution in [0.5, 0.6) is 0 Å². The maximum Gasteiger partial charge on any atom is 0.335 e. The summed E-state index contributed by atoms with van der Waals surface area (Å²) in [6.45, 7) is 1.68. The topological polar surface area (TPSA) is 83.6 Å². The molecule has 1 amide bonds. The van der Waals surface area contributed by atoms with Crippen LogP contribution in [0.3, 0.4) is 0 Å². The number of anilines is 1. The van der Waals surface area contributed by atoms with Crippen molar-refractivity contribution < 1.29 is 19.1 Å². The van der Waals surface area contributed by atoms with Gasteiger partial charge in [-0.05, 0) is 31.2 Å². The number of hydrogen-bond acceptors (Lipinski definition) is 4. The molecule has 1 aromatic heterocycles. The summed E-state index contributed by atoms with van der Waals surface area (Å²) in [4.78, 5) is 28.1. The molecule has 6 heteroatoms. The summed E-state index contributed by atoms with van der Waals surface area (Å²) in [5, 5.41) is 8.81. The lowest BCUT2D eigenvalue weighted by Crippen LogP contribution is -2.26. The van der Waals surface area contributed by atoms with Crippen molar-refractivity contribution in [3.8, 4) is 0 Å². The molecule has 0 unspecified atom stereocenters. The molecule has 0 fully saturated rings. The van der Waals surface area contributed by atoms with Crippen LogP contribution in [0.15, 0.2) is 35.1 Å². The fourth-order valence-corrected chi connectivity index (χ4v) is 1.60. The minimum absolute atomic E-state index is 0.167. The number of carbonyl (C=O) groups is 2. The van der Waals surface area contributed by atoms with Gasteiger partial charge >= 0.3 is 5.97 Å². The van der Waals surface area contributed by atoms with Crippen molar-refractivity contribution in [1.29, 1.82) is 0 Å². The number of aryl methyl sites for hydroxylation is 1. The smallest absolute Gasteiger partial charge is 0.335 e. The molecule has 6 nitrogen and oxygen atoms in total. The van der Waals surface area contributed by atoms with Crippen LogP contribution in [0.2, 0.25) is 0 Å². The average Bonchev–Trinajstić information content (AvgIpc) is 2.83. The van der Waals surface area contributed by atoms with E-state index in [1.54, 1.807) is 26.1 Å². The molecule has 2 aromatic rings. The first-order valence-corrected chi connectivity index (χ1v) is 5.52. The second kappa shape index (κ2) is 4.93. The zero-order valence-electron chi connectivity index (χ0n) is 10.5. The molecule has 0 atom stereocenters. The van der Waals surface area contributed by atoms with E-state index in [0.717, 1.165) is 0 Å². The number of hydrogen-bond donors (Lipinski definition) is 1. The lowest BCUT2D eigenvalue weighted by Gasteiger charge is -2.16. The molecule has 0 radical (unpaired) electrons. The Bertz CT molecular complexity index is 616. The van der Waals surface area contributed by atoms with Crippen molar-refractivity contribution in [3.05, 3.63) is 47.7 Å². The largest absolute Gasteiger partial charge is 0.478 e. The lowest BCUT2D eigenvalue weighted by atomic mass is 10.2. The Morgan fingerprint density at radius 3 is 2.37 bits per heavy atom. The third-order valence-corrected chi connectivity index (χ3v) is 2.75. The predicted molar refractivity (Wildman–Crippen MR) is 67.4 cm³/mol. The Balaban J connectivity index is 2.24. The number of carboxylic acid groups (broad SMARTS) is 1.